The first-order valence-electron chi connectivity index (χ1n) is 9.94. The lowest BCUT2D eigenvalue weighted by molar-refractivity contribution is -0.156. The van der Waals surface area contributed by atoms with Crippen LogP contribution in [0.5, 0.6) is 0 Å². The van der Waals surface area contributed by atoms with Gasteiger partial charge in [0.25, 0.3) is 5.91 Å². The van der Waals surface area contributed by atoms with Crippen LogP contribution in [-0.2, 0) is 19.1 Å². The minimum Gasteiger partial charge on any atom is -0.455 e. The summed E-state index contributed by atoms with van der Waals surface area (Å²) in [6.45, 7) is 8.81. The molecule has 0 spiro atoms. The number of hydrogen-bond donors (Lipinski definition) is 1. The highest BCUT2D eigenvalue weighted by Crippen LogP contribution is 2.25. The summed E-state index contributed by atoms with van der Waals surface area (Å²) in [5.41, 5.74) is -0.401. The summed E-state index contributed by atoms with van der Waals surface area (Å²) in [6.07, 6.45) is 5.70. The third-order valence-electron chi connectivity index (χ3n) is 5.56. The van der Waals surface area contributed by atoms with Crippen LogP contribution in [0.2, 0.25) is 0 Å². The average molecular weight is 367 g/mol. The minimum atomic E-state index is -0.401. The standard InChI is InChI=1S/C20H34N2O4/c1-14-7-5-6-8-16(14)21-17(23)13-26-18(24)15-9-11-22(12-10-15)19(25)20(2,3)4/h14-16H,5-13H2,1-4H3,(H,21,23). The van der Waals surface area contributed by atoms with Gasteiger partial charge in [0, 0.05) is 24.5 Å². The molecular formula is C20H34N2O4. The van der Waals surface area contributed by atoms with E-state index in [4.69, 9.17) is 4.74 Å². The Balaban J connectivity index is 1.70. The van der Waals surface area contributed by atoms with E-state index < -0.39 is 5.41 Å². The molecule has 2 unspecified atom stereocenters. The fourth-order valence-corrected chi connectivity index (χ4v) is 3.83. The van der Waals surface area contributed by atoms with Crippen molar-refractivity contribution in [1.82, 2.24) is 10.2 Å². The maximum atomic E-state index is 12.3. The van der Waals surface area contributed by atoms with Crippen molar-refractivity contribution in [3.63, 3.8) is 0 Å². The second-order valence-electron chi connectivity index (χ2n) is 8.86. The second-order valence-corrected chi connectivity index (χ2v) is 8.86. The molecule has 6 heteroatoms. The molecule has 0 aromatic rings. The van der Waals surface area contributed by atoms with Gasteiger partial charge in [-0.1, -0.05) is 40.5 Å². The van der Waals surface area contributed by atoms with Crippen LogP contribution in [-0.4, -0.2) is 48.4 Å². The molecule has 2 amide bonds. The number of carbonyl (C=O) groups is 3. The van der Waals surface area contributed by atoms with Gasteiger partial charge >= 0.3 is 5.97 Å². The second kappa shape index (κ2) is 8.87. The van der Waals surface area contributed by atoms with Gasteiger partial charge in [0.2, 0.25) is 5.91 Å². The Bertz CT molecular complexity index is 518. The molecule has 1 saturated heterocycles. The molecule has 2 fully saturated rings. The zero-order chi connectivity index (χ0) is 19.3. The lowest BCUT2D eigenvalue weighted by atomic mass is 9.86. The van der Waals surface area contributed by atoms with Gasteiger partial charge in [-0.05, 0) is 31.6 Å². The Hall–Kier alpha value is -1.59. The van der Waals surface area contributed by atoms with Gasteiger partial charge in [-0.15, -0.1) is 0 Å². The smallest absolute Gasteiger partial charge is 0.309 e. The van der Waals surface area contributed by atoms with Crippen LogP contribution in [0.4, 0.5) is 0 Å². The first-order valence-corrected chi connectivity index (χ1v) is 9.94. The van der Waals surface area contributed by atoms with Crippen molar-refractivity contribution in [3.05, 3.63) is 0 Å². The number of piperidine rings is 1. The number of carbonyl (C=O) groups excluding carboxylic acids is 3. The molecule has 1 aliphatic carbocycles. The number of ether oxygens (including phenoxy) is 1. The number of amides is 2. The van der Waals surface area contributed by atoms with E-state index in [0.717, 1.165) is 19.3 Å². The first-order chi connectivity index (χ1) is 12.2. The van der Waals surface area contributed by atoms with Crippen molar-refractivity contribution in [2.45, 2.75) is 72.3 Å². The highest BCUT2D eigenvalue weighted by Gasteiger charge is 2.33. The monoisotopic (exact) mass is 366 g/mol. The van der Waals surface area contributed by atoms with Crippen LogP contribution >= 0.6 is 0 Å². The molecule has 1 aliphatic heterocycles. The van der Waals surface area contributed by atoms with Crippen LogP contribution in [0.1, 0.15) is 66.2 Å². The normalized spacial score (nSPS) is 24.8. The quantitative estimate of drug-likeness (QED) is 0.776. The van der Waals surface area contributed by atoms with Crippen LogP contribution in [0.15, 0.2) is 0 Å². The number of rotatable bonds is 4. The highest BCUT2D eigenvalue weighted by atomic mass is 16.5. The van der Waals surface area contributed by atoms with Gasteiger partial charge < -0.3 is 15.0 Å². The molecule has 2 aliphatic rings. The fraction of sp³-hybridized carbons (Fsp3) is 0.850. The predicted molar refractivity (Wildman–Crippen MR) is 99.3 cm³/mol. The topological polar surface area (TPSA) is 75.7 Å². The molecule has 6 nitrogen and oxygen atoms in total. The Morgan fingerprint density at radius 1 is 1.04 bits per heavy atom. The SMILES string of the molecule is CC1CCCCC1NC(=O)COC(=O)C1CCN(C(=O)C(C)(C)C)CC1. The lowest BCUT2D eigenvalue weighted by Gasteiger charge is -2.35. The maximum Gasteiger partial charge on any atom is 0.309 e. The number of nitrogens with one attached hydrogen (secondary N) is 1. The largest absolute Gasteiger partial charge is 0.455 e. The summed E-state index contributed by atoms with van der Waals surface area (Å²) in [4.78, 5) is 38.4. The molecule has 2 rings (SSSR count). The van der Waals surface area contributed by atoms with E-state index in [1.165, 1.54) is 6.42 Å². The molecule has 0 radical (unpaired) electrons. The molecular weight excluding hydrogens is 332 g/mol. The Kier molecular flexibility index (Phi) is 7.07. The van der Waals surface area contributed by atoms with Crippen LogP contribution in [0, 0.1) is 17.3 Å². The van der Waals surface area contributed by atoms with E-state index in [9.17, 15) is 14.4 Å². The zero-order valence-corrected chi connectivity index (χ0v) is 16.7. The van der Waals surface area contributed by atoms with Gasteiger partial charge in [-0.2, -0.15) is 0 Å². The predicted octanol–water partition coefficient (Wildman–Crippen LogP) is 2.51. The van der Waals surface area contributed by atoms with Crippen molar-refractivity contribution in [1.29, 1.82) is 0 Å². The number of nitrogens with zero attached hydrogens (tertiary/aromatic N) is 1. The third-order valence-corrected chi connectivity index (χ3v) is 5.56. The summed E-state index contributed by atoms with van der Waals surface area (Å²) < 4.78 is 5.23. The Morgan fingerprint density at radius 3 is 2.23 bits per heavy atom. The van der Waals surface area contributed by atoms with Gasteiger partial charge in [-0.25, -0.2) is 0 Å². The zero-order valence-electron chi connectivity index (χ0n) is 16.7. The highest BCUT2D eigenvalue weighted by molar-refractivity contribution is 5.83. The summed E-state index contributed by atoms with van der Waals surface area (Å²) in [6, 6.07) is 0.196. The van der Waals surface area contributed by atoms with Gasteiger partial charge in [0.1, 0.15) is 0 Å². The molecule has 0 aromatic carbocycles. The van der Waals surface area contributed by atoms with E-state index in [0.29, 0.717) is 31.8 Å². The minimum absolute atomic E-state index is 0.116. The molecule has 1 saturated carbocycles. The van der Waals surface area contributed by atoms with Crippen molar-refractivity contribution in [3.8, 4) is 0 Å². The van der Waals surface area contributed by atoms with Crippen molar-refractivity contribution >= 4 is 17.8 Å². The van der Waals surface area contributed by atoms with E-state index in [1.807, 2.05) is 25.7 Å². The summed E-state index contributed by atoms with van der Waals surface area (Å²) in [7, 11) is 0. The van der Waals surface area contributed by atoms with E-state index in [1.54, 1.807) is 0 Å². The molecule has 148 valence electrons. The van der Waals surface area contributed by atoms with Crippen molar-refractivity contribution in [2.75, 3.05) is 19.7 Å². The van der Waals surface area contributed by atoms with Gasteiger partial charge in [0.15, 0.2) is 6.61 Å². The molecule has 0 aromatic heterocycles. The Morgan fingerprint density at radius 2 is 1.65 bits per heavy atom. The third kappa shape index (κ3) is 5.71. The Labute approximate surface area is 157 Å². The summed E-state index contributed by atoms with van der Waals surface area (Å²) in [5.74, 6) is -0.157. The van der Waals surface area contributed by atoms with Crippen molar-refractivity contribution in [2.24, 2.45) is 17.3 Å². The average Bonchev–Trinajstić information content (AvgIpc) is 2.60. The van der Waals surface area contributed by atoms with E-state index >= 15 is 0 Å². The molecule has 1 N–H and O–H groups in total. The molecule has 1 heterocycles. The summed E-state index contributed by atoms with van der Waals surface area (Å²) >= 11 is 0. The van der Waals surface area contributed by atoms with Gasteiger partial charge in [-0.3, -0.25) is 14.4 Å². The first kappa shape index (κ1) is 20.7. The van der Waals surface area contributed by atoms with E-state index in [2.05, 4.69) is 12.2 Å². The van der Waals surface area contributed by atoms with Crippen LogP contribution < -0.4 is 5.32 Å². The number of hydrogen-bond acceptors (Lipinski definition) is 4. The number of esters is 1. The van der Waals surface area contributed by atoms with Gasteiger partial charge in [0.05, 0.1) is 5.92 Å². The van der Waals surface area contributed by atoms with Crippen molar-refractivity contribution < 1.29 is 19.1 Å². The number of likely N-dealkylation sites (tertiary alicyclic amines) is 1. The fourth-order valence-electron chi connectivity index (χ4n) is 3.83. The molecule has 0 bridgehead atoms. The summed E-state index contributed by atoms with van der Waals surface area (Å²) in [5, 5.41) is 3.00. The van der Waals surface area contributed by atoms with E-state index in [-0.39, 0.29) is 36.4 Å². The lowest BCUT2D eigenvalue weighted by Crippen LogP contribution is -2.46. The maximum absolute atomic E-state index is 12.3. The van der Waals surface area contributed by atoms with Crippen LogP contribution in [0.3, 0.4) is 0 Å². The molecule has 2 atom stereocenters. The molecule has 26 heavy (non-hydrogen) atoms. The van der Waals surface area contributed by atoms with Crippen LogP contribution in [0.25, 0.3) is 0 Å².